The lowest BCUT2D eigenvalue weighted by Gasteiger charge is -2.12. The van der Waals surface area contributed by atoms with Gasteiger partial charge >= 0.3 is 0 Å². The van der Waals surface area contributed by atoms with E-state index in [9.17, 15) is 0 Å². The van der Waals surface area contributed by atoms with Gasteiger partial charge in [-0.15, -0.1) is 20.4 Å². The van der Waals surface area contributed by atoms with Gasteiger partial charge in [-0.25, -0.2) is 0 Å². The predicted octanol–water partition coefficient (Wildman–Crippen LogP) is 9.64. The molecule has 43 heavy (non-hydrogen) atoms. The molecule has 0 radical (unpaired) electrons. The van der Waals surface area contributed by atoms with Crippen LogP contribution >= 0.6 is 69.9 Å². The molecule has 2 heterocycles. The average molecular weight is 685 g/mol. The Labute approximate surface area is 277 Å². The highest BCUT2D eigenvalue weighted by Gasteiger charge is 2.21. The van der Waals surface area contributed by atoms with Gasteiger partial charge in [0, 0.05) is 22.9 Å². The largest absolute Gasteiger partial charge is 0.274 e. The van der Waals surface area contributed by atoms with E-state index in [2.05, 4.69) is 29.5 Å². The number of nitrogens with zero attached hydrogens (tertiary/aromatic N) is 6. The third kappa shape index (κ3) is 7.06. The summed E-state index contributed by atoms with van der Waals surface area (Å²) >= 11 is 27.9. The van der Waals surface area contributed by atoms with Gasteiger partial charge in [-0.2, -0.15) is 0 Å². The van der Waals surface area contributed by atoms with Crippen LogP contribution in [0.1, 0.15) is 22.8 Å². The summed E-state index contributed by atoms with van der Waals surface area (Å²) in [6.07, 6.45) is 0.407. The van der Waals surface area contributed by atoms with Gasteiger partial charge in [-0.1, -0.05) is 118 Å². The summed E-state index contributed by atoms with van der Waals surface area (Å²) in [6, 6.07) is 31.4. The van der Waals surface area contributed by atoms with Crippen molar-refractivity contribution in [2.75, 3.05) is 0 Å². The molecular weight excluding hydrogens is 662 g/mol. The van der Waals surface area contributed by atoms with Crippen molar-refractivity contribution in [2.45, 2.75) is 28.2 Å². The van der Waals surface area contributed by atoms with Crippen LogP contribution in [0.2, 0.25) is 20.1 Å². The molecule has 0 fully saturated rings. The third-order valence-electron chi connectivity index (χ3n) is 6.45. The van der Waals surface area contributed by atoms with E-state index in [0.29, 0.717) is 38.0 Å². The molecule has 4 aromatic carbocycles. The van der Waals surface area contributed by atoms with Gasteiger partial charge < -0.3 is 0 Å². The van der Waals surface area contributed by atoms with E-state index in [-0.39, 0.29) is 0 Å². The van der Waals surface area contributed by atoms with Crippen molar-refractivity contribution < 1.29 is 0 Å². The van der Waals surface area contributed by atoms with Gasteiger partial charge in [0.05, 0.1) is 26.5 Å². The summed E-state index contributed by atoms with van der Waals surface area (Å²) in [5.74, 6) is 2.79. The molecule has 12 heteroatoms. The predicted molar refractivity (Wildman–Crippen MR) is 178 cm³/mol. The second kappa shape index (κ2) is 13.8. The molecule has 6 aromatic rings. The number of thioether (sulfide) groups is 2. The van der Waals surface area contributed by atoms with Crippen LogP contribution in [0, 0.1) is 0 Å². The third-order valence-corrected chi connectivity index (χ3v) is 9.93. The molecule has 0 aliphatic carbocycles. The maximum atomic E-state index is 6.25. The molecule has 0 atom stereocenters. The molecule has 6 rings (SSSR count). The molecule has 6 nitrogen and oxygen atoms in total. The van der Waals surface area contributed by atoms with Gasteiger partial charge in [0.1, 0.15) is 11.6 Å². The maximum absolute atomic E-state index is 6.25. The van der Waals surface area contributed by atoms with E-state index in [4.69, 9.17) is 46.4 Å². The molecule has 0 aliphatic rings. The second-order valence-corrected chi connectivity index (χ2v) is 12.9. The number of rotatable bonds is 10. The highest BCUT2D eigenvalue weighted by atomic mass is 35.5. The van der Waals surface area contributed by atoms with E-state index in [1.54, 1.807) is 35.7 Å². The molecule has 0 bridgehead atoms. The van der Waals surface area contributed by atoms with Crippen molar-refractivity contribution in [1.29, 1.82) is 0 Å². The molecule has 0 amide bonds. The van der Waals surface area contributed by atoms with E-state index in [1.807, 2.05) is 84.9 Å². The number of benzene rings is 4. The van der Waals surface area contributed by atoms with Crippen LogP contribution in [0.25, 0.3) is 11.4 Å². The molecule has 0 N–H and O–H groups in total. The van der Waals surface area contributed by atoms with Crippen molar-refractivity contribution in [3.8, 4) is 11.4 Å². The first-order chi connectivity index (χ1) is 21.0. The van der Waals surface area contributed by atoms with E-state index in [1.165, 1.54) is 0 Å². The van der Waals surface area contributed by atoms with Crippen LogP contribution in [0.4, 0.5) is 0 Å². The average Bonchev–Trinajstić information content (AvgIpc) is 3.63. The lowest BCUT2D eigenvalue weighted by atomic mass is 10.2. The summed E-state index contributed by atoms with van der Waals surface area (Å²) in [4.78, 5) is 0. The van der Waals surface area contributed by atoms with Crippen LogP contribution in [0.15, 0.2) is 107 Å². The van der Waals surface area contributed by atoms with Crippen LogP contribution < -0.4 is 0 Å². The minimum atomic E-state index is 0.407. The number of para-hydroxylation sites is 2. The summed E-state index contributed by atoms with van der Waals surface area (Å²) in [7, 11) is 0. The van der Waals surface area contributed by atoms with Gasteiger partial charge in [0.15, 0.2) is 10.3 Å². The first-order valence-corrected chi connectivity index (χ1v) is 16.6. The molecule has 0 spiro atoms. The Morgan fingerprint density at radius 3 is 1.30 bits per heavy atom. The Morgan fingerprint density at radius 1 is 0.488 bits per heavy atom. The minimum absolute atomic E-state index is 0.407. The highest BCUT2D eigenvalue weighted by molar-refractivity contribution is 7.98. The van der Waals surface area contributed by atoms with Crippen LogP contribution in [-0.4, -0.2) is 29.5 Å². The van der Waals surface area contributed by atoms with Crippen LogP contribution in [0.5, 0.6) is 0 Å². The summed E-state index contributed by atoms with van der Waals surface area (Å²) in [5.41, 5.74) is 3.99. The monoisotopic (exact) mass is 682 g/mol. The Hall–Kier alpha value is -2.98. The van der Waals surface area contributed by atoms with Crippen molar-refractivity contribution >= 4 is 69.9 Å². The zero-order valence-corrected chi connectivity index (χ0v) is 27.0. The molecule has 2 aromatic heterocycles. The van der Waals surface area contributed by atoms with Crippen LogP contribution in [0.3, 0.4) is 0 Å². The summed E-state index contributed by atoms with van der Waals surface area (Å²) in [6.45, 7) is 0. The van der Waals surface area contributed by atoms with Crippen molar-refractivity contribution in [3.05, 3.63) is 140 Å². The first kappa shape index (κ1) is 30.1. The minimum Gasteiger partial charge on any atom is -0.274 e. The molecule has 0 saturated heterocycles. The van der Waals surface area contributed by atoms with Gasteiger partial charge in [-0.05, 0) is 59.7 Å². The van der Waals surface area contributed by atoms with Crippen molar-refractivity contribution in [1.82, 2.24) is 29.5 Å². The smallest absolute Gasteiger partial charge is 0.196 e. The number of hydrogen-bond donors (Lipinski definition) is 0. The van der Waals surface area contributed by atoms with E-state index >= 15 is 0 Å². The standard InChI is InChI=1S/C31H22Cl4N6S2/c32-24-13-11-20(15-26(24)34)18-42-30-38-36-28(40(30)22-7-3-1-4-8-22)17-29-37-39-31(41(29)23-9-5-2-6-10-23)43-19-21-12-14-25(33)27(35)16-21/h1-16H,17-19H2. The quantitative estimate of drug-likeness (QED) is 0.134. The number of hydrogen-bond acceptors (Lipinski definition) is 6. The Kier molecular flexibility index (Phi) is 9.62. The number of halogens is 4. The Bertz CT molecular complexity index is 1730. The first-order valence-electron chi connectivity index (χ1n) is 13.1. The Morgan fingerprint density at radius 2 is 0.907 bits per heavy atom. The van der Waals surface area contributed by atoms with Crippen molar-refractivity contribution in [3.63, 3.8) is 0 Å². The van der Waals surface area contributed by atoms with Gasteiger partial charge in [-0.3, -0.25) is 9.13 Å². The molecule has 0 saturated carbocycles. The fraction of sp³-hybridized carbons (Fsp3) is 0.0968. The highest BCUT2D eigenvalue weighted by Crippen LogP contribution is 2.31. The Balaban J connectivity index is 1.32. The number of aromatic nitrogens is 6. The van der Waals surface area contributed by atoms with E-state index in [0.717, 1.165) is 44.5 Å². The molecule has 216 valence electrons. The van der Waals surface area contributed by atoms with Crippen molar-refractivity contribution in [2.24, 2.45) is 0 Å². The molecule has 0 aliphatic heterocycles. The van der Waals surface area contributed by atoms with Gasteiger partial charge in [0.25, 0.3) is 0 Å². The fourth-order valence-electron chi connectivity index (χ4n) is 4.39. The zero-order chi connectivity index (χ0) is 29.8. The maximum Gasteiger partial charge on any atom is 0.196 e. The fourth-order valence-corrected chi connectivity index (χ4v) is 6.85. The topological polar surface area (TPSA) is 61.4 Å². The van der Waals surface area contributed by atoms with E-state index < -0.39 is 0 Å². The van der Waals surface area contributed by atoms with Gasteiger partial charge in [0.2, 0.25) is 0 Å². The summed E-state index contributed by atoms with van der Waals surface area (Å²) in [5, 5.41) is 22.0. The molecule has 0 unspecified atom stereocenters. The summed E-state index contributed by atoms with van der Waals surface area (Å²) < 4.78 is 4.13. The second-order valence-electron chi connectivity index (χ2n) is 9.39. The normalized spacial score (nSPS) is 11.3. The lowest BCUT2D eigenvalue weighted by Crippen LogP contribution is -2.08. The molecular formula is C31H22Cl4N6S2. The van der Waals surface area contributed by atoms with Crippen LogP contribution in [-0.2, 0) is 17.9 Å². The zero-order valence-electron chi connectivity index (χ0n) is 22.4. The SMILES string of the molecule is Clc1ccc(CSc2nnc(Cc3nnc(SCc4ccc(Cl)c(Cl)c4)n3-c3ccccc3)n2-c2ccccc2)cc1Cl. The lowest BCUT2D eigenvalue weighted by molar-refractivity contribution is 0.791.